The summed E-state index contributed by atoms with van der Waals surface area (Å²) in [6.07, 6.45) is 2.73. The lowest BCUT2D eigenvalue weighted by molar-refractivity contribution is -0.164. The van der Waals surface area contributed by atoms with E-state index in [2.05, 4.69) is 4.74 Å². The zero-order valence-corrected chi connectivity index (χ0v) is 10.2. The van der Waals surface area contributed by atoms with Crippen LogP contribution in [0.4, 0.5) is 0 Å². The Labute approximate surface area is 105 Å². The van der Waals surface area contributed by atoms with E-state index < -0.39 is 29.4 Å². The lowest BCUT2D eigenvalue weighted by Gasteiger charge is -2.21. The van der Waals surface area contributed by atoms with E-state index in [9.17, 15) is 14.4 Å². The van der Waals surface area contributed by atoms with Gasteiger partial charge in [0.15, 0.2) is 0 Å². The van der Waals surface area contributed by atoms with Crippen LogP contribution < -0.4 is 17.2 Å². The molecule has 7 heteroatoms. The number of nitrogens with two attached hydrogens (primary N) is 3. The molecule has 18 heavy (non-hydrogen) atoms. The highest BCUT2D eigenvalue weighted by Crippen LogP contribution is 2.28. The fraction of sp³-hybridized carbons (Fsp3) is 0.727. The number of ether oxygens (including phenoxy) is 1. The first-order valence-corrected chi connectivity index (χ1v) is 5.94. The Bertz CT molecular complexity index is 350. The van der Waals surface area contributed by atoms with Crippen LogP contribution in [0.3, 0.4) is 0 Å². The topological polar surface area (TPSA) is 139 Å². The van der Waals surface area contributed by atoms with Crippen molar-refractivity contribution in [1.82, 2.24) is 0 Å². The molecule has 102 valence electrons. The first-order chi connectivity index (χ1) is 8.35. The van der Waals surface area contributed by atoms with Gasteiger partial charge in [-0.15, -0.1) is 0 Å². The van der Waals surface area contributed by atoms with Gasteiger partial charge in [0.05, 0.1) is 0 Å². The Hall–Kier alpha value is -1.47. The highest BCUT2D eigenvalue weighted by molar-refractivity contribution is 5.93. The van der Waals surface area contributed by atoms with Gasteiger partial charge in [-0.2, -0.15) is 0 Å². The minimum absolute atomic E-state index is 0.0295. The lowest BCUT2D eigenvalue weighted by Crippen LogP contribution is -2.49. The van der Waals surface area contributed by atoms with Crippen molar-refractivity contribution in [2.24, 2.45) is 17.2 Å². The summed E-state index contributed by atoms with van der Waals surface area (Å²) in [7, 11) is 0. The highest BCUT2D eigenvalue weighted by atomic mass is 16.6. The fourth-order valence-electron chi connectivity index (χ4n) is 1.89. The summed E-state index contributed by atoms with van der Waals surface area (Å²) >= 11 is 0. The van der Waals surface area contributed by atoms with E-state index in [-0.39, 0.29) is 12.8 Å². The lowest BCUT2D eigenvalue weighted by atomic mass is 10.00. The summed E-state index contributed by atoms with van der Waals surface area (Å²) in [6, 6.07) is -1.04. The third-order valence-electron chi connectivity index (χ3n) is 3.10. The van der Waals surface area contributed by atoms with Crippen LogP contribution in [0.2, 0.25) is 0 Å². The summed E-state index contributed by atoms with van der Waals surface area (Å²) in [4.78, 5) is 33.7. The molecular formula is C11H19N3O4. The monoisotopic (exact) mass is 257 g/mol. The summed E-state index contributed by atoms with van der Waals surface area (Å²) in [6.45, 7) is 0. The predicted molar refractivity (Wildman–Crippen MR) is 62.9 cm³/mol. The molecule has 0 heterocycles. The zero-order valence-electron chi connectivity index (χ0n) is 10.2. The molecule has 6 N–H and O–H groups in total. The number of esters is 2. The van der Waals surface area contributed by atoms with Gasteiger partial charge in [-0.1, -0.05) is 12.8 Å². The minimum atomic E-state index is -1.07. The second-order valence-corrected chi connectivity index (χ2v) is 4.68. The first kappa shape index (κ1) is 14.6. The molecule has 0 saturated heterocycles. The smallest absolute Gasteiger partial charge is 0.333 e. The quantitative estimate of drug-likeness (QED) is 0.423. The normalized spacial score (nSPS) is 19.2. The average molecular weight is 257 g/mol. The second kappa shape index (κ2) is 5.92. The van der Waals surface area contributed by atoms with Crippen LogP contribution in [-0.2, 0) is 19.1 Å². The van der Waals surface area contributed by atoms with E-state index in [0.717, 1.165) is 12.8 Å². The van der Waals surface area contributed by atoms with Crippen molar-refractivity contribution in [1.29, 1.82) is 0 Å². The maximum Gasteiger partial charge on any atom is 0.333 e. The number of rotatable bonds is 5. The predicted octanol–water partition coefficient (Wildman–Crippen LogP) is -1.08. The Kier molecular flexibility index (Phi) is 4.80. The van der Waals surface area contributed by atoms with Crippen LogP contribution >= 0.6 is 0 Å². The van der Waals surface area contributed by atoms with Crippen LogP contribution in [-0.4, -0.2) is 29.4 Å². The van der Waals surface area contributed by atoms with Crippen molar-refractivity contribution in [3.63, 3.8) is 0 Å². The molecule has 1 aliphatic carbocycles. The molecule has 0 aliphatic heterocycles. The minimum Gasteiger partial charge on any atom is -0.391 e. The summed E-state index contributed by atoms with van der Waals surface area (Å²) in [5.74, 6) is -2.16. The standard InChI is InChI=1S/C11H19N3O4/c12-7(3-4-8(13)15)9(16)18-10(17)11(14)5-1-2-6-11/h7H,1-6,12,14H2,(H2,13,15)/t7-/m0/s1. The average Bonchev–Trinajstić information content (AvgIpc) is 2.74. The van der Waals surface area contributed by atoms with Gasteiger partial charge in [-0.05, 0) is 19.3 Å². The fourth-order valence-corrected chi connectivity index (χ4v) is 1.89. The Balaban J connectivity index is 2.43. The van der Waals surface area contributed by atoms with E-state index in [1.54, 1.807) is 0 Å². The van der Waals surface area contributed by atoms with Gasteiger partial charge in [0.2, 0.25) is 5.91 Å². The van der Waals surface area contributed by atoms with Gasteiger partial charge in [-0.3, -0.25) is 4.79 Å². The molecule has 1 amide bonds. The molecule has 0 aromatic heterocycles. The van der Waals surface area contributed by atoms with Crippen LogP contribution in [0.25, 0.3) is 0 Å². The number of carbonyl (C=O) groups is 3. The Morgan fingerprint density at radius 2 is 1.78 bits per heavy atom. The number of hydrogen-bond acceptors (Lipinski definition) is 6. The van der Waals surface area contributed by atoms with Crippen molar-refractivity contribution < 1.29 is 19.1 Å². The molecule has 0 spiro atoms. The number of hydrogen-bond donors (Lipinski definition) is 3. The van der Waals surface area contributed by atoms with Gasteiger partial charge in [0.25, 0.3) is 0 Å². The van der Waals surface area contributed by atoms with E-state index in [4.69, 9.17) is 17.2 Å². The number of primary amides is 1. The molecular weight excluding hydrogens is 238 g/mol. The number of amides is 1. The summed E-state index contributed by atoms with van der Waals surface area (Å²) < 4.78 is 4.65. The van der Waals surface area contributed by atoms with Crippen LogP contribution in [0, 0.1) is 0 Å². The molecule has 1 atom stereocenters. The van der Waals surface area contributed by atoms with Crippen molar-refractivity contribution in [3.05, 3.63) is 0 Å². The van der Waals surface area contributed by atoms with Gasteiger partial charge in [0.1, 0.15) is 11.6 Å². The summed E-state index contributed by atoms with van der Waals surface area (Å²) in [5.41, 5.74) is 15.2. The maximum atomic E-state index is 11.7. The molecule has 0 aromatic rings. The highest BCUT2D eigenvalue weighted by Gasteiger charge is 2.40. The molecule has 1 aliphatic rings. The van der Waals surface area contributed by atoms with Crippen molar-refractivity contribution in [2.75, 3.05) is 0 Å². The summed E-state index contributed by atoms with van der Waals surface area (Å²) in [5, 5.41) is 0. The van der Waals surface area contributed by atoms with Crippen molar-refractivity contribution in [3.8, 4) is 0 Å². The van der Waals surface area contributed by atoms with Crippen molar-refractivity contribution in [2.45, 2.75) is 50.1 Å². The molecule has 1 saturated carbocycles. The third kappa shape index (κ3) is 3.78. The van der Waals surface area contributed by atoms with Gasteiger partial charge < -0.3 is 21.9 Å². The van der Waals surface area contributed by atoms with Crippen LogP contribution in [0.5, 0.6) is 0 Å². The molecule has 1 fully saturated rings. The SMILES string of the molecule is NC(=O)CC[C@H](N)C(=O)OC(=O)C1(N)CCCC1. The largest absolute Gasteiger partial charge is 0.391 e. The Morgan fingerprint density at radius 1 is 1.22 bits per heavy atom. The van der Waals surface area contributed by atoms with E-state index >= 15 is 0 Å². The second-order valence-electron chi connectivity index (χ2n) is 4.68. The van der Waals surface area contributed by atoms with Crippen LogP contribution in [0.15, 0.2) is 0 Å². The van der Waals surface area contributed by atoms with Crippen molar-refractivity contribution >= 4 is 17.8 Å². The molecule has 0 aromatic carbocycles. The molecule has 1 rings (SSSR count). The van der Waals surface area contributed by atoms with E-state index in [0.29, 0.717) is 12.8 Å². The molecule has 0 bridgehead atoms. The van der Waals surface area contributed by atoms with E-state index in [1.807, 2.05) is 0 Å². The molecule has 0 radical (unpaired) electrons. The third-order valence-corrected chi connectivity index (χ3v) is 3.10. The molecule has 7 nitrogen and oxygen atoms in total. The number of carbonyl (C=O) groups excluding carboxylic acids is 3. The van der Waals surface area contributed by atoms with Crippen LogP contribution in [0.1, 0.15) is 38.5 Å². The first-order valence-electron chi connectivity index (χ1n) is 5.94. The van der Waals surface area contributed by atoms with Gasteiger partial charge in [0, 0.05) is 6.42 Å². The van der Waals surface area contributed by atoms with Gasteiger partial charge >= 0.3 is 11.9 Å². The van der Waals surface area contributed by atoms with Gasteiger partial charge in [-0.25, -0.2) is 9.59 Å². The Morgan fingerprint density at radius 3 is 2.28 bits per heavy atom. The molecule has 0 unspecified atom stereocenters. The van der Waals surface area contributed by atoms with E-state index in [1.165, 1.54) is 0 Å². The maximum absolute atomic E-state index is 11.7. The zero-order chi connectivity index (χ0) is 13.8.